The van der Waals surface area contributed by atoms with E-state index in [1.165, 1.54) is 0 Å². The zero-order valence-electron chi connectivity index (χ0n) is 26.1. The van der Waals surface area contributed by atoms with Crippen molar-refractivity contribution in [2.75, 3.05) is 11.4 Å². The molecule has 0 aliphatic rings. The summed E-state index contributed by atoms with van der Waals surface area (Å²) in [7, 11) is -3.52. The molecule has 1 atom stereocenters. The van der Waals surface area contributed by atoms with Gasteiger partial charge in [0.05, 0.1) is 10.6 Å². The van der Waals surface area contributed by atoms with Crippen LogP contribution in [0.2, 0.25) is 0 Å². The van der Waals surface area contributed by atoms with Crippen molar-refractivity contribution in [2.24, 2.45) is 0 Å². The molecule has 0 aromatic heterocycles. The third-order valence-electron chi connectivity index (χ3n) is 6.99. The topological polar surface area (TPSA) is 92.8 Å². The Morgan fingerprint density at radius 1 is 0.837 bits per heavy atom. The first kappa shape index (κ1) is 33.8. The fourth-order valence-electron chi connectivity index (χ4n) is 4.68. The summed E-state index contributed by atoms with van der Waals surface area (Å²) in [5.41, 5.74) is 2.46. The number of carbonyl (C=O) groups is 2. The van der Waals surface area contributed by atoms with Crippen molar-refractivity contribution in [3.8, 4) is 0 Å². The Kier molecular flexibility index (Phi) is 12.4. The lowest BCUT2D eigenvalue weighted by molar-refractivity contribution is -0.157. The fraction of sp³-hybridized carbons (Fsp3) is 0.429. The molecule has 0 unspecified atom stereocenters. The van der Waals surface area contributed by atoms with Gasteiger partial charge in [-0.25, -0.2) is 18.0 Å². The predicted molar refractivity (Wildman–Crippen MR) is 173 cm³/mol. The molecule has 0 radical (unpaired) electrons. The third-order valence-corrected chi connectivity index (χ3v) is 8.69. The number of rotatable bonds is 14. The molecule has 0 heterocycles. The Labute approximate surface area is 257 Å². The number of anilines is 1. The van der Waals surface area contributed by atoms with Crippen molar-refractivity contribution < 1.29 is 22.7 Å². The zero-order chi connectivity index (χ0) is 31.5. The van der Waals surface area contributed by atoms with Gasteiger partial charge in [-0.05, 0) is 69.5 Å². The van der Waals surface area contributed by atoms with Crippen LogP contribution in [0.4, 0.5) is 10.5 Å². The highest BCUT2D eigenvalue weighted by Crippen LogP contribution is 2.22. The van der Waals surface area contributed by atoms with E-state index in [1.807, 2.05) is 37.3 Å². The average molecular weight is 607 g/mol. The van der Waals surface area contributed by atoms with Gasteiger partial charge in [0.25, 0.3) is 0 Å². The maximum absolute atomic E-state index is 13.8. The third kappa shape index (κ3) is 11.2. The van der Waals surface area contributed by atoms with Crippen LogP contribution in [0.1, 0.15) is 76.5 Å². The van der Waals surface area contributed by atoms with E-state index >= 15 is 0 Å². The molecule has 1 N–H and O–H groups in total. The summed E-state index contributed by atoms with van der Waals surface area (Å²) in [6, 6.07) is 22.1. The molecule has 3 aromatic carbocycles. The highest BCUT2D eigenvalue weighted by atomic mass is 32.2. The van der Waals surface area contributed by atoms with E-state index in [0.29, 0.717) is 24.2 Å². The van der Waals surface area contributed by atoms with Crippen molar-refractivity contribution in [3.63, 3.8) is 0 Å². The molecule has 8 heteroatoms. The summed E-state index contributed by atoms with van der Waals surface area (Å²) in [4.78, 5) is 28.9. The van der Waals surface area contributed by atoms with Gasteiger partial charge in [0.15, 0.2) is 9.84 Å². The largest absolute Gasteiger partial charge is 0.458 e. The smallest absolute Gasteiger partial charge is 0.329 e. The number of sulfone groups is 1. The van der Waals surface area contributed by atoms with Crippen LogP contribution in [0, 0.1) is 6.92 Å². The number of unbranched alkanes of at least 4 members (excludes halogenated alkanes) is 4. The molecule has 43 heavy (non-hydrogen) atoms. The number of urea groups is 1. The predicted octanol–water partition coefficient (Wildman–Crippen LogP) is 7.41. The number of carbonyl (C=O) groups excluding carboxylic acids is 2. The van der Waals surface area contributed by atoms with Crippen molar-refractivity contribution in [2.45, 2.75) is 95.4 Å². The van der Waals surface area contributed by atoms with Gasteiger partial charge in [-0.15, -0.1) is 0 Å². The lowest BCUT2D eigenvalue weighted by Gasteiger charge is -2.28. The van der Waals surface area contributed by atoms with Crippen LogP contribution in [0.15, 0.2) is 83.8 Å². The van der Waals surface area contributed by atoms with Crippen LogP contribution in [-0.2, 0) is 31.5 Å². The highest BCUT2D eigenvalue weighted by molar-refractivity contribution is 7.90. The number of hydrogen-bond donors (Lipinski definition) is 1. The number of esters is 1. The van der Waals surface area contributed by atoms with Gasteiger partial charge in [0, 0.05) is 18.7 Å². The van der Waals surface area contributed by atoms with Crippen LogP contribution >= 0.6 is 0 Å². The quantitative estimate of drug-likeness (QED) is 0.152. The lowest BCUT2D eigenvalue weighted by Crippen LogP contribution is -2.51. The number of benzene rings is 3. The molecule has 0 aliphatic carbocycles. The second-order valence-corrected chi connectivity index (χ2v) is 14.0. The Morgan fingerprint density at radius 3 is 2.07 bits per heavy atom. The fourth-order valence-corrected chi connectivity index (χ4v) is 6.03. The molecule has 0 saturated carbocycles. The first-order valence-electron chi connectivity index (χ1n) is 15.1. The number of amides is 2. The van der Waals surface area contributed by atoms with Gasteiger partial charge in [-0.1, -0.05) is 92.8 Å². The number of hydrogen-bond acceptors (Lipinski definition) is 5. The lowest BCUT2D eigenvalue weighted by atomic mass is 10.1. The van der Waals surface area contributed by atoms with Crippen molar-refractivity contribution in [1.82, 2.24) is 5.32 Å². The van der Waals surface area contributed by atoms with Crippen molar-refractivity contribution in [1.29, 1.82) is 0 Å². The van der Waals surface area contributed by atoms with E-state index < -0.39 is 33.5 Å². The molecule has 0 aliphatic heterocycles. The minimum Gasteiger partial charge on any atom is -0.458 e. The number of aryl methyl sites for hydroxylation is 1. The normalized spacial score (nSPS) is 12.4. The maximum Gasteiger partial charge on any atom is 0.329 e. The molecule has 0 fully saturated rings. The van der Waals surface area contributed by atoms with Crippen molar-refractivity contribution in [3.05, 3.63) is 95.6 Å². The Morgan fingerprint density at radius 2 is 1.47 bits per heavy atom. The number of nitrogens with zero attached hydrogens (tertiary/aromatic N) is 1. The van der Waals surface area contributed by atoms with Gasteiger partial charge in [-0.3, -0.25) is 4.90 Å². The van der Waals surface area contributed by atoms with E-state index in [1.54, 1.807) is 74.2 Å². The van der Waals surface area contributed by atoms with Gasteiger partial charge in [-0.2, -0.15) is 0 Å². The molecule has 0 spiro atoms. The van der Waals surface area contributed by atoms with Gasteiger partial charge >= 0.3 is 12.0 Å². The first-order valence-corrected chi connectivity index (χ1v) is 16.8. The maximum atomic E-state index is 13.8. The monoisotopic (exact) mass is 606 g/mol. The van der Waals surface area contributed by atoms with Gasteiger partial charge < -0.3 is 10.1 Å². The SMILES string of the molecule is CCCCCCCN(C(=O)N[C@H](Cc1ccccc1)C(=O)OC(C)(C)C)c1ccc(CS(=O)(=O)c2ccc(C)cc2)cc1. The summed E-state index contributed by atoms with van der Waals surface area (Å²) < 4.78 is 31.6. The second-order valence-electron chi connectivity index (χ2n) is 12.0. The zero-order valence-corrected chi connectivity index (χ0v) is 27.0. The molecule has 0 bridgehead atoms. The summed E-state index contributed by atoms with van der Waals surface area (Å²) in [6.45, 7) is 9.94. The summed E-state index contributed by atoms with van der Waals surface area (Å²) >= 11 is 0. The van der Waals surface area contributed by atoms with E-state index in [2.05, 4.69) is 12.2 Å². The second kappa shape index (κ2) is 15.7. The van der Waals surface area contributed by atoms with E-state index in [-0.39, 0.29) is 10.6 Å². The van der Waals surface area contributed by atoms with E-state index in [9.17, 15) is 18.0 Å². The first-order chi connectivity index (χ1) is 20.4. The highest BCUT2D eigenvalue weighted by Gasteiger charge is 2.29. The average Bonchev–Trinajstić information content (AvgIpc) is 2.95. The minimum atomic E-state index is -3.52. The summed E-state index contributed by atoms with van der Waals surface area (Å²) in [5.74, 6) is -0.638. The van der Waals surface area contributed by atoms with Crippen LogP contribution in [-0.4, -0.2) is 38.6 Å². The Bertz CT molecular complexity index is 1410. The molecule has 2 amide bonds. The molecule has 3 rings (SSSR count). The van der Waals surface area contributed by atoms with Crippen LogP contribution in [0.25, 0.3) is 0 Å². The van der Waals surface area contributed by atoms with Crippen LogP contribution < -0.4 is 10.2 Å². The molecule has 3 aromatic rings. The number of ether oxygens (including phenoxy) is 1. The number of nitrogens with one attached hydrogen (secondary N) is 1. The molecular formula is C35H46N2O5S. The molecule has 232 valence electrons. The minimum absolute atomic E-state index is 0.142. The van der Waals surface area contributed by atoms with E-state index in [4.69, 9.17) is 4.74 Å². The van der Waals surface area contributed by atoms with E-state index in [0.717, 1.165) is 43.2 Å². The Hall–Kier alpha value is -3.65. The van der Waals surface area contributed by atoms with Crippen LogP contribution in [0.5, 0.6) is 0 Å². The van der Waals surface area contributed by atoms with Crippen molar-refractivity contribution >= 4 is 27.5 Å². The molecular weight excluding hydrogens is 560 g/mol. The Balaban J connectivity index is 1.82. The summed E-state index contributed by atoms with van der Waals surface area (Å²) in [5, 5.41) is 2.93. The van der Waals surface area contributed by atoms with Crippen LogP contribution in [0.3, 0.4) is 0 Å². The summed E-state index contributed by atoms with van der Waals surface area (Å²) in [6.07, 6.45) is 5.40. The standard InChI is InChI=1S/C35H46N2O5S/c1-6-7-8-9-13-24-37(30-20-18-29(19-21-30)26-43(40,41)31-22-16-27(2)17-23-31)34(39)36-32(33(38)42-35(3,4)5)25-28-14-11-10-12-15-28/h10-12,14-23,32H,6-9,13,24-26H2,1-5H3,(H,36,39)/t32-/m1/s1. The molecule has 0 saturated heterocycles. The van der Waals surface area contributed by atoms with Gasteiger partial charge in [0.2, 0.25) is 0 Å². The van der Waals surface area contributed by atoms with Gasteiger partial charge in [0.1, 0.15) is 11.6 Å². The molecule has 7 nitrogen and oxygen atoms in total.